The predicted octanol–water partition coefficient (Wildman–Crippen LogP) is 0.576. The van der Waals surface area contributed by atoms with Crippen LogP contribution < -0.4 is 10.2 Å². The van der Waals surface area contributed by atoms with Gasteiger partial charge in [-0.2, -0.15) is 0 Å². The highest BCUT2D eigenvalue weighted by molar-refractivity contribution is 5.99. The number of piperazine rings is 1. The van der Waals surface area contributed by atoms with Crippen molar-refractivity contribution in [1.29, 1.82) is 0 Å². The Labute approximate surface area is 93.2 Å². The number of piperidine rings is 1. The summed E-state index contributed by atoms with van der Waals surface area (Å²) in [5.41, 5.74) is 1.52. The zero-order chi connectivity index (χ0) is 11.1. The van der Waals surface area contributed by atoms with Crippen LogP contribution in [-0.2, 0) is 4.79 Å². The molecule has 3 aliphatic rings. The molecule has 2 bridgehead atoms. The van der Waals surface area contributed by atoms with Gasteiger partial charge in [-0.05, 0) is 30.7 Å². The van der Waals surface area contributed by atoms with E-state index in [1.165, 1.54) is 0 Å². The Morgan fingerprint density at radius 3 is 2.56 bits per heavy atom. The molecule has 4 rings (SSSR count). The van der Waals surface area contributed by atoms with Gasteiger partial charge in [0.15, 0.2) is 0 Å². The molecule has 16 heavy (non-hydrogen) atoms. The van der Waals surface area contributed by atoms with Gasteiger partial charge in [0.1, 0.15) is 6.29 Å². The van der Waals surface area contributed by atoms with Gasteiger partial charge in [0.25, 0.3) is 0 Å². The summed E-state index contributed by atoms with van der Waals surface area (Å²) in [6.45, 7) is 0.732. The monoisotopic (exact) mass is 216 g/mol. The van der Waals surface area contributed by atoms with Gasteiger partial charge in [-0.3, -0.25) is 9.59 Å². The van der Waals surface area contributed by atoms with Crippen molar-refractivity contribution >= 4 is 17.9 Å². The third-order valence-electron chi connectivity index (χ3n) is 3.27. The van der Waals surface area contributed by atoms with Crippen molar-refractivity contribution in [2.45, 2.75) is 18.5 Å². The summed E-state index contributed by atoms with van der Waals surface area (Å²) >= 11 is 0. The molecule has 1 aromatic rings. The summed E-state index contributed by atoms with van der Waals surface area (Å²) < 4.78 is 0. The lowest BCUT2D eigenvalue weighted by Crippen LogP contribution is -2.70. The zero-order valence-corrected chi connectivity index (χ0v) is 8.72. The maximum Gasteiger partial charge on any atom is 0.244 e. The fraction of sp³-hybridized carbons (Fsp3) is 0.333. The molecule has 1 aromatic carbocycles. The minimum Gasteiger partial charge on any atom is -0.310 e. The topological polar surface area (TPSA) is 49.4 Å². The van der Waals surface area contributed by atoms with Gasteiger partial charge < -0.3 is 10.2 Å². The Kier molecular flexibility index (Phi) is 2.04. The molecule has 0 aliphatic carbocycles. The second-order valence-electron chi connectivity index (χ2n) is 4.31. The number of nitrogens with one attached hydrogen (secondary N) is 1. The normalized spacial score (nSPS) is 27.5. The second-order valence-corrected chi connectivity index (χ2v) is 4.31. The molecule has 3 saturated heterocycles. The molecule has 3 fully saturated rings. The number of carbonyl (C=O) groups excluding carboxylic acids is 2. The average Bonchev–Trinajstić information content (AvgIpc) is 2.28. The van der Waals surface area contributed by atoms with Gasteiger partial charge in [0.2, 0.25) is 5.91 Å². The van der Waals surface area contributed by atoms with E-state index in [1.54, 1.807) is 17.0 Å². The Bertz CT molecular complexity index is 435. The van der Waals surface area contributed by atoms with Crippen LogP contribution in [0.15, 0.2) is 24.3 Å². The first-order valence-corrected chi connectivity index (χ1v) is 5.40. The van der Waals surface area contributed by atoms with Crippen molar-refractivity contribution in [3.63, 3.8) is 0 Å². The van der Waals surface area contributed by atoms with Crippen LogP contribution in [0.1, 0.15) is 16.8 Å². The number of carbonyl (C=O) groups is 2. The number of nitrogens with zero attached hydrogens (tertiary/aromatic N) is 1. The summed E-state index contributed by atoms with van der Waals surface area (Å²) in [6, 6.07) is 7.57. The highest BCUT2D eigenvalue weighted by atomic mass is 16.2. The number of amides is 1. The third-order valence-corrected chi connectivity index (χ3v) is 3.27. The van der Waals surface area contributed by atoms with E-state index >= 15 is 0 Å². The molecule has 2 atom stereocenters. The molecule has 0 spiro atoms. The highest BCUT2D eigenvalue weighted by Gasteiger charge is 2.43. The van der Waals surface area contributed by atoms with Crippen LogP contribution in [0.3, 0.4) is 0 Å². The van der Waals surface area contributed by atoms with Crippen molar-refractivity contribution in [2.24, 2.45) is 0 Å². The van der Waals surface area contributed by atoms with Crippen LogP contribution in [-0.4, -0.2) is 30.8 Å². The van der Waals surface area contributed by atoms with Gasteiger partial charge >= 0.3 is 0 Å². The van der Waals surface area contributed by atoms with Gasteiger partial charge in [-0.25, -0.2) is 0 Å². The SMILES string of the molecule is O=Cc1ccc(N2CC3CC(N3)C2=O)cc1. The van der Waals surface area contributed by atoms with Crippen molar-refractivity contribution in [1.82, 2.24) is 5.32 Å². The molecule has 3 aliphatic heterocycles. The first-order chi connectivity index (χ1) is 7.78. The molecular formula is C12H12N2O2. The van der Waals surface area contributed by atoms with Crippen molar-refractivity contribution in [2.75, 3.05) is 11.4 Å². The molecule has 2 unspecified atom stereocenters. The van der Waals surface area contributed by atoms with Gasteiger partial charge in [-0.15, -0.1) is 0 Å². The van der Waals surface area contributed by atoms with E-state index in [0.29, 0.717) is 11.6 Å². The van der Waals surface area contributed by atoms with Crippen LogP contribution in [0.5, 0.6) is 0 Å². The zero-order valence-electron chi connectivity index (χ0n) is 8.72. The summed E-state index contributed by atoms with van der Waals surface area (Å²) in [4.78, 5) is 24.2. The number of benzene rings is 1. The Balaban J connectivity index is 1.86. The quantitative estimate of drug-likeness (QED) is 0.735. The van der Waals surface area contributed by atoms with E-state index in [-0.39, 0.29) is 11.9 Å². The van der Waals surface area contributed by atoms with Crippen molar-refractivity contribution in [3.8, 4) is 0 Å². The van der Waals surface area contributed by atoms with Crippen LogP contribution in [0, 0.1) is 0 Å². The minimum atomic E-state index is 0.00416. The van der Waals surface area contributed by atoms with Gasteiger partial charge in [-0.1, -0.05) is 0 Å². The number of anilines is 1. The molecule has 4 heteroatoms. The predicted molar refractivity (Wildman–Crippen MR) is 59.5 cm³/mol. The number of fused-ring (bicyclic) bond motifs is 2. The minimum absolute atomic E-state index is 0.00416. The van der Waals surface area contributed by atoms with Crippen molar-refractivity contribution in [3.05, 3.63) is 29.8 Å². The first-order valence-electron chi connectivity index (χ1n) is 5.40. The average molecular weight is 216 g/mol. The molecule has 82 valence electrons. The number of rotatable bonds is 2. The van der Waals surface area contributed by atoms with E-state index in [9.17, 15) is 9.59 Å². The molecule has 3 heterocycles. The summed E-state index contributed by atoms with van der Waals surface area (Å²) in [6.07, 6.45) is 1.77. The standard InChI is InChI=1S/C12H12N2O2/c15-7-8-1-3-10(4-2-8)14-6-9-5-11(13-9)12(14)16/h1-4,7,9,11,13H,5-6H2. The molecule has 0 aromatic heterocycles. The van der Waals surface area contributed by atoms with Crippen LogP contribution in [0.2, 0.25) is 0 Å². The summed E-state index contributed by atoms with van der Waals surface area (Å²) in [7, 11) is 0. The van der Waals surface area contributed by atoms with Gasteiger partial charge in [0, 0.05) is 23.8 Å². The van der Waals surface area contributed by atoms with E-state index < -0.39 is 0 Å². The number of hydrogen-bond acceptors (Lipinski definition) is 3. The summed E-state index contributed by atoms with van der Waals surface area (Å²) in [5.74, 6) is 0.140. The first kappa shape index (κ1) is 9.54. The molecule has 4 nitrogen and oxygen atoms in total. The smallest absolute Gasteiger partial charge is 0.244 e. The molecule has 0 saturated carbocycles. The maximum atomic E-state index is 11.9. The Morgan fingerprint density at radius 1 is 1.31 bits per heavy atom. The lowest BCUT2D eigenvalue weighted by Gasteiger charge is -2.47. The fourth-order valence-electron chi connectivity index (χ4n) is 2.31. The maximum absolute atomic E-state index is 11.9. The van der Waals surface area contributed by atoms with E-state index in [0.717, 1.165) is 24.9 Å². The summed E-state index contributed by atoms with van der Waals surface area (Å²) in [5, 5.41) is 3.20. The Hall–Kier alpha value is -1.68. The van der Waals surface area contributed by atoms with Crippen molar-refractivity contribution < 1.29 is 9.59 Å². The van der Waals surface area contributed by atoms with Crippen LogP contribution in [0.25, 0.3) is 0 Å². The third kappa shape index (κ3) is 1.34. The van der Waals surface area contributed by atoms with Crippen LogP contribution >= 0.6 is 0 Å². The van der Waals surface area contributed by atoms with Gasteiger partial charge in [0.05, 0.1) is 6.04 Å². The highest BCUT2D eigenvalue weighted by Crippen LogP contribution is 2.27. The number of hydrogen-bond donors (Lipinski definition) is 1. The lowest BCUT2D eigenvalue weighted by molar-refractivity contribution is -0.125. The Morgan fingerprint density at radius 2 is 2.00 bits per heavy atom. The molecule has 1 N–H and O–H groups in total. The van der Waals surface area contributed by atoms with E-state index in [1.807, 2.05) is 12.1 Å². The number of aldehydes is 1. The largest absolute Gasteiger partial charge is 0.310 e. The molecule has 0 radical (unpaired) electrons. The second kappa shape index (κ2) is 3.42. The molecular weight excluding hydrogens is 204 g/mol. The van der Waals surface area contributed by atoms with Crippen LogP contribution in [0.4, 0.5) is 5.69 Å². The van der Waals surface area contributed by atoms with E-state index in [2.05, 4.69) is 5.32 Å². The molecule has 1 amide bonds. The van der Waals surface area contributed by atoms with E-state index in [4.69, 9.17) is 0 Å². The fourth-order valence-corrected chi connectivity index (χ4v) is 2.31. The lowest BCUT2D eigenvalue weighted by atomic mass is 9.90.